The zero-order chi connectivity index (χ0) is 14.4. The van der Waals surface area contributed by atoms with Gasteiger partial charge in [-0.25, -0.2) is 0 Å². The van der Waals surface area contributed by atoms with Crippen LogP contribution in [0.1, 0.15) is 47.6 Å². The molecular formula is C18H19NO2. The molecule has 0 spiro atoms. The first-order chi connectivity index (χ1) is 10.3. The normalized spacial score (nSPS) is 28.4. The van der Waals surface area contributed by atoms with E-state index in [2.05, 4.69) is 17.4 Å². The molecule has 3 atom stereocenters. The lowest BCUT2D eigenvalue weighted by Gasteiger charge is -2.33. The van der Waals surface area contributed by atoms with Crippen LogP contribution in [0, 0.1) is 5.92 Å². The SMILES string of the molecule is O=C1NC([C@H]2CCCC[C@H]2O)c2c1ccc1ccccc21. The summed E-state index contributed by atoms with van der Waals surface area (Å²) < 4.78 is 0. The van der Waals surface area contributed by atoms with Crippen LogP contribution in [0.15, 0.2) is 36.4 Å². The summed E-state index contributed by atoms with van der Waals surface area (Å²) >= 11 is 0. The van der Waals surface area contributed by atoms with E-state index < -0.39 is 0 Å². The maximum absolute atomic E-state index is 12.3. The van der Waals surface area contributed by atoms with E-state index >= 15 is 0 Å². The first-order valence-corrected chi connectivity index (χ1v) is 7.76. The fourth-order valence-electron chi connectivity index (χ4n) is 3.97. The fourth-order valence-corrected chi connectivity index (χ4v) is 3.97. The summed E-state index contributed by atoms with van der Waals surface area (Å²) in [6.45, 7) is 0. The van der Waals surface area contributed by atoms with Gasteiger partial charge in [0.2, 0.25) is 0 Å². The number of hydrogen-bond acceptors (Lipinski definition) is 2. The zero-order valence-corrected chi connectivity index (χ0v) is 11.9. The Hall–Kier alpha value is -1.87. The largest absolute Gasteiger partial charge is 0.393 e. The number of hydrogen-bond donors (Lipinski definition) is 2. The second-order valence-corrected chi connectivity index (χ2v) is 6.21. The van der Waals surface area contributed by atoms with Crippen LogP contribution in [0.2, 0.25) is 0 Å². The van der Waals surface area contributed by atoms with Gasteiger partial charge in [0.25, 0.3) is 5.91 Å². The van der Waals surface area contributed by atoms with Crippen LogP contribution >= 0.6 is 0 Å². The summed E-state index contributed by atoms with van der Waals surface area (Å²) in [6, 6.07) is 12.1. The van der Waals surface area contributed by atoms with Crippen molar-refractivity contribution in [2.24, 2.45) is 5.92 Å². The minimum absolute atomic E-state index is 0.00136. The Labute approximate surface area is 124 Å². The smallest absolute Gasteiger partial charge is 0.252 e. The molecule has 3 nitrogen and oxygen atoms in total. The third kappa shape index (κ3) is 1.95. The van der Waals surface area contributed by atoms with Crippen LogP contribution in [0.5, 0.6) is 0 Å². The summed E-state index contributed by atoms with van der Waals surface area (Å²) in [4.78, 5) is 12.3. The lowest BCUT2D eigenvalue weighted by atomic mass is 9.78. The van der Waals surface area contributed by atoms with Crippen molar-refractivity contribution in [1.82, 2.24) is 5.32 Å². The van der Waals surface area contributed by atoms with Crippen LogP contribution in [-0.2, 0) is 0 Å². The average molecular weight is 281 g/mol. The Morgan fingerprint density at radius 1 is 1.05 bits per heavy atom. The number of rotatable bonds is 1. The maximum Gasteiger partial charge on any atom is 0.252 e. The van der Waals surface area contributed by atoms with Crippen molar-refractivity contribution in [1.29, 1.82) is 0 Å². The third-order valence-electron chi connectivity index (χ3n) is 5.02. The summed E-state index contributed by atoms with van der Waals surface area (Å²) in [5, 5.41) is 15.8. The van der Waals surface area contributed by atoms with Gasteiger partial charge in [-0.15, -0.1) is 0 Å². The highest BCUT2D eigenvalue weighted by molar-refractivity contribution is 6.05. The summed E-state index contributed by atoms with van der Waals surface area (Å²) in [6.07, 6.45) is 3.73. The van der Waals surface area contributed by atoms with Crippen molar-refractivity contribution in [3.8, 4) is 0 Å². The third-order valence-corrected chi connectivity index (χ3v) is 5.02. The lowest BCUT2D eigenvalue weighted by Crippen LogP contribution is -2.35. The quantitative estimate of drug-likeness (QED) is 0.843. The van der Waals surface area contributed by atoms with Gasteiger partial charge in [-0.3, -0.25) is 4.79 Å². The molecule has 21 heavy (non-hydrogen) atoms. The van der Waals surface area contributed by atoms with Gasteiger partial charge >= 0.3 is 0 Å². The number of carbonyl (C=O) groups is 1. The van der Waals surface area contributed by atoms with Gasteiger partial charge in [0.15, 0.2) is 0 Å². The first-order valence-electron chi connectivity index (χ1n) is 7.76. The highest BCUT2D eigenvalue weighted by atomic mass is 16.3. The molecule has 0 bridgehead atoms. The molecule has 1 saturated carbocycles. The molecular weight excluding hydrogens is 262 g/mol. The molecule has 1 amide bonds. The second kappa shape index (κ2) is 4.85. The van der Waals surface area contributed by atoms with Crippen molar-refractivity contribution in [2.45, 2.75) is 37.8 Å². The minimum Gasteiger partial charge on any atom is -0.393 e. The molecule has 2 aromatic rings. The molecule has 0 aromatic heterocycles. The molecule has 1 aliphatic heterocycles. The molecule has 2 aliphatic rings. The van der Waals surface area contributed by atoms with Gasteiger partial charge < -0.3 is 10.4 Å². The zero-order valence-electron chi connectivity index (χ0n) is 11.9. The second-order valence-electron chi connectivity index (χ2n) is 6.21. The number of benzene rings is 2. The van der Waals surface area contributed by atoms with E-state index in [4.69, 9.17) is 0 Å². The molecule has 1 heterocycles. The Morgan fingerprint density at radius 3 is 2.71 bits per heavy atom. The molecule has 0 saturated heterocycles. The van der Waals surface area contributed by atoms with Crippen LogP contribution in [-0.4, -0.2) is 17.1 Å². The van der Waals surface area contributed by atoms with E-state index in [0.29, 0.717) is 0 Å². The monoisotopic (exact) mass is 281 g/mol. The van der Waals surface area contributed by atoms with E-state index in [0.717, 1.165) is 47.6 Å². The molecule has 108 valence electrons. The van der Waals surface area contributed by atoms with Crippen LogP contribution < -0.4 is 5.32 Å². The van der Waals surface area contributed by atoms with Crippen molar-refractivity contribution in [3.63, 3.8) is 0 Å². The summed E-state index contributed by atoms with van der Waals surface area (Å²) in [5.74, 6) is 0.133. The molecule has 0 radical (unpaired) electrons. The van der Waals surface area contributed by atoms with Gasteiger partial charge in [-0.1, -0.05) is 43.2 Å². The van der Waals surface area contributed by atoms with Gasteiger partial charge in [0.05, 0.1) is 12.1 Å². The summed E-state index contributed by atoms with van der Waals surface area (Å²) in [7, 11) is 0. The predicted molar refractivity (Wildman–Crippen MR) is 82.1 cm³/mol. The molecule has 4 rings (SSSR count). The van der Waals surface area contributed by atoms with Gasteiger partial charge in [0, 0.05) is 11.5 Å². The number of carbonyl (C=O) groups excluding carboxylic acids is 1. The number of aliphatic hydroxyl groups is 1. The Bertz CT molecular complexity index is 709. The number of nitrogens with one attached hydrogen (secondary N) is 1. The maximum atomic E-state index is 12.3. The molecule has 1 fully saturated rings. The van der Waals surface area contributed by atoms with Gasteiger partial charge in [-0.2, -0.15) is 0 Å². The van der Waals surface area contributed by atoms with E-state index in [1.165, 1.54) is 0 Å². The molecule has 1 unspecified atom stereocenters. The highest BCUT2D eigenvalue weighted by Crippen LogP contribution is 2.42. The minimum atomic E-state index is -0.311. The van der Waals surface area contributed by atoms with Crippen LogP contribution in [0.4, 0.5) is 0 Å². The van der Waals surface area contributed by atoms with Crippen LogP contribution in [0.3, 0.4) is 0 Å². The van der Waals surface area contributed by atoms with E-state index in [1.807, 2.05) is 24.3 Å². The highest BCUT2D eigenvalue weighted by Gasteiger charge is 2.39. The van der Waals surface area contributed by atoms with Crippen molar-refractivity contribution in [3.05, 3.63) is 47.5 Å². The average Bonchev–Trinajstić information content (AvgIpc) is 2.85. The Kier molecular flexibility index (Phi) is 2.96. The molecule has 2 N–H and O–H groups in total. The number of fused-ring (bicyclic) bond motifs is 3. The predicted octanol–water partition coefficient (Wildman–Crippen LogP) is 3.18. The standard InChI is InChI=1S/C18H19NO2/c20-15-8-4-3-7-13(15)17-16-12-6-2-1-5-11(12)9-10-14(16)18(21)19-17/h1-2,5-6,9-10,13,15,17,20H,3-4,7-8H2,(H,19,21)/t13-,15+,17?/m0/s1. The van der Waals surface area contributed by atoms with Gasteiger partial charge in [0.1, 0.15) is 0 Å². The van der Waals surface area contributed by atoms with E-state index in [9.17, 15) is 9.90 Å². The van der Waals surface area contributed by atoms with E-state index in [-0.39, 0.29) is 24.0 Å². The lowest BCUT2D eigenvalue weighted by molar-refractivity contribution is 0.0489. The van der Waals surface area contributed by atoms with Crippen molar-refractivity contribution >= 4 is 16.7 Å². The van der Waals surface area contributed by atoms with Crippen LogP contribution in [0.25, 0.3) is 10.8 Å². The molecule has 1 aliphatic carbocycles. The number of aliphatic hydroxyl groups excluding tert-OH is 1. The number of amides is 1. The molecule has 2 aromatic carbocycles. The fraction of sp³-hybridized carbons (Fsp3) is 0.389. The Balaban J connectivity index is 1.87. The summed E-state index contributed by atoms with van der Waals surface area (Å²) in [5.41, 5.74) is 1.86. The first kappa shape index (κ1) is 12.8. The van der Waals surface area contributed by atoms with Crippen molar-refractivity contribution in [2.75, 3.05) is 0 Å². The van der Waals surface area contributed by atoms with E-state index in [1.54, 1.807) is 0 Å². The topological polar surface area (TPSA) is 49.3 Å². The van der Waals surface area contributed by atoms with Gasteiger partial charge in [-0.05, 0) is 35.2 Å². The molecule has 3 heteroatoms. The Morgan fingerprint density at radius 2 is 1.86 bits per heavy atom. The van der Waals surface area contributed by atoms with Crippen molar-refractivity contribution < 1.29 is 9.90 Å².